The van der Waals surface area contributed by atoms with Crippen LogP contribution in [0.15, 0.2) is 53.3 Å². The molecular weight excluding hydrogens is 428 g/mol. The van der Waals surface area contributed by atoms with Crippen molar-refractivity contribution >= 4 is 28.4 Å². The monoisotopic (exact) mass is 454 g/mol. The van der Waals surface area contributed by atoms with Gasteiger partial charge in [0.05, 0.1) is 11.0 Å². The van der Waals surface area contributed by atoms with Gasteiger partial charge in [-0.25, -0.2) is 4.68 Å². The second-order valence-electron chi connectivity index (χ2n) is 8.36. The number of unbranched alkanes of at least 4 members (excludes halogenated alkanes) is 2. The van der Waals surface area contributed by atoms with Gasteiger partial charge in [0.2, 0.25) is 5.91 Å². The van der Waals surface area contributed by atoms with Crippen LogP contribution in [-0.4, -0.2) is 44.0 Å². The van der Waals surface area contributed by atoms with Crippen LogP contribution < -0.4 is 5.56 Å². The first-order valence-electron chi connectivity index (χ1n) is 11.0. The predicted octanol–water partition coefficient (Wildman–Crippen LogP) is 3.52. The van der Waals surface area contributed by atoms with Crippen molar-refractivity contribution in [3.8, 4) is 0 Å². The Hall–Kier alpha value is -2.77. The number of aromatic nitrogens is 3. The molecule has 0 saturated carbocycles. The van der Waals surface area contributed by atoms with Crippen molar-refractivity contribution < 1.29 is 9.90 Å². The second-order valence-corrected chi connectivity index (χ2v) is 8.80. The first-order chi connectivity index (χ1) is 15.5. The van der Waals surface area contributed by atoms with Crippen LogP contribution in [0, 0.1) is 0 Å². The third-order valence-electron chi connectivity index (χ3n) is 6.21. The van der Waals surface area contributed by atoms with Gasteiger partial charge in [0.15, 0.2) is 0 Å². The summed E-state index contributed by atoms with van der Waals surface area (Å²) in [6.45, 7) is 1.57. The molecule has 1 aliphatic heterocycles. The van der Waals surface area contributed by atoms with Crippen LogP contribution in [0.1, 0.15) is 44.1 Å². The summed E-state index contributed by atoms with van der Waals surface area (Å²) in [6, 6.07) is 14.4. The Balaban J connectivity index is 1.20. The van der Waals surface area contributed by atoms with Crippen LogP contribution in [0.25, 0.3) is 10.9 Å². The van der Waals surface area contributed by atoms with E-state index in [0.717, 1.165) is 24.8 Å². The highest BCUT2D eigenvalue weighted by Gasteiger charge is 2.35. The molecule has 3 aromatic rings. The van der Waals surface area contributed by atoms with Crippen LogP contribution in [-0.2, 0) is 16.9 Å². The van der Waals surface area contributed by atoms with Gasteiger partial charge in [0, 0.05) is 31.1 Å². The van der Waals surface area contributed by atoms with E-state index in [0.29, 0.717) is 54.8 Å². The van der Waals surface area contributed by atoms with Crippen molar-refractivity contribution in [1.82, 2.24) is 19.9 Å². The maximum absolute atomic E-state index is 12.6. The summed E-state index contributed by atoms with van der Waals surface area (Å²) in [6.07, 6.45) is 3.85. The molecule has 8 heteroatoms. The summed E-state index contributed by atoms with van der Waals surface area (Å²) in [5.41, 5.74) is 0.410. The number of aliphatic hydroxyl groups is 1. The quantitative estimate of drug-likeness (QED) is 0.552. The minimum atomic E-state index is -0.907. The molecule has 1 aromatic heterocycles. The van der Waals surface area contributed by atoms with Gasteiger partial charge < -0.3 is 10.0 Å². The average molecular weight is 455 g/mol. The van der Waals surface area contributed by atoms with Crippen LogP contribution in [0.3, 0.4) is 0 Å². The predicted molar refractivity (Wildman–Crippen MR) is 123 cm³/mol. The van der Waals surface area contributed by atoms with E-state index in [1.165, 1.54) is 4.68 Å². The third-order valence-corrected chi connectivity index (χ3v) is 6.47. The number of piperidine rings is 1. The lowest BCUT2D eigenvalue weighted by molar-refractivity contribution is -0.135. The Morgan fingerprint density at radius 2 is 1.75 bits per heavy atom. The molecule has 168 valence electrons. The van der Waals surface area contributed by atoms with Crippen LogP contribution in [0.5, 0.6) is 0 Å². The van der Waals surface area contributed by atoms with Crippen molar-refractivity contribution in [2.24, 2.45) is 0 Å². The molecule has 2 heterocycles. The van der Waals surface area contributed by atoms with Crippen molar-refractivity contribution in [1.29, 1.82) is 0 Å². The summed E-state index contributed by atoms with van der Waals surface area (Å²) in [7, 11) is 0. The maximum atomic E-state index is 12.6. The second kappa shape index (κ2) is 9.79. The number of hydrogen-bond donors (Lipinski definition) is 1. The summed E-state index contributed by atoms with van der Waals surface area (Å²) < 4.78 is 1.40. The molecule has 0 spiro atoms. The van der Waals surface area contributed by atoms with Crippen molar-refractivity contribution in [3.63, 3.8) is 0 Å². The molecule has 0 unspecified atom stereocenters. The molecule has 0 bridgehead atoms. The van der Waals surface area contributed by atoms with Gasteiger partial charge in [-0.05, 0) is 55.5 Å². The number of benzene rings is 2. The SMILES string of the molecule is O=C(CCCCCn1nnc2ccccc2c1=O)N1CCC(O)(c2ccc(Cl)cc2)CC1. The number of nitrogens with zero attached hydrogens (tertiary/aromatic N) is 4. The third kappa shape index (κ3) is 5.00. The van der Waals surface area contributed by atoms with Gasteiger partial charge in [-0.2, -0.15) is 0 Å². The number of carbonyl (C=O) groups excluding carboxylic acids is 1. The smallest absolute Gasteiger partial charge is 0.277 e. The van der Waals surface area contributed by atoms with E-state index in [9.17, 15) is 14.7 Å². The fraction of sp³-hybridized carbons (Fsp3) is 0.417. The molecule has 0 aliphatic carbocycles. The van der Waals surface area contributed by atoms with Gasteiger partial charge in [-0.3, -0.25) is 9.59 Å². The normalized spacial score (nSPS) is 15.8. The topological polar surface area (TPSA) is 88.3 Å². The number of aryl methyl sites for hydroxylation is 1. The van der Waals surface area contributed by atoms with Gasteiger partial charge in [0.1, 0.15) is 5.52 Å². The molecular formula is C24H27ClN4O3. The Morgan fingerprint density at radius 1 is 1.03 bits per heavy atom. The summed E-state index contributed by atoms with van der Waals surface area (Å²) >= 11 is 5.94. The molecule has 32 heavy (non-hydrogen) atoms. The Morgan fingerprint density at radius 3 is 2.50 bits per heavy atom. The zero-order valence-electron chi connectivity index (χ0n) is 17.9. The number of amides is 1. The fourth-order valence-corrected chi connectivity index (χ4v) is 4.34. The van der Waals surface area contributed by atoms with E-state index in [-0.39, 0.29) is 11.5 Å². The van der Waals surface area contributed by atoms with Crippen molar-refractivity contribution in [2.45, 2.75) is 50.7 Å². The minimum absolute atomic E-state index is 0.116. The first kappa shape index (κ1) is 22.4. The zero-order chi connectivity index (χ0) is 22.6. The number of likely N-dealkylation sites (tertiary alicyclic amines) is 1. The van der Waals surface area contributed by atoms with Crippen LogP contribution in [0.4, 0.5) is 0 Å². The first-order valence-corrected chi connectivity index (χ1v) is 11.4. The van der Waals surface area contributed by atoms with Gasteiger partial charge >= 0.3 is 0 Å². The Kier molecular flexibility index (Phi) is 6.86. The highest BCUT2D eigenvalue weighted by atomic mass is 35.5. The molecule has 1 amide bonds. The lowest BCUT2D eigenvalue weighted by Gasteiger charge is -2.38. The summed E-state index contributed by atoms with van der Waals surface area (Å²) in [5, 5.41) is 20.3. The van der Waals surface area contributed by atoms with Crippen LogP contribution >= 0.6 is 11.6 Å². The molecule has 1 fully saturated rings. The molecule has 1 saturated heterocycles. The van der Waals surface area contributed by atoms with E-state index < -0.39 is 5.60 Å². The molecule has 0 radical (unpaired) electrons. The molecule has 2 aromatic carbocycles. The van der Waals surface area contributed by atoms with E-state index in [1.807, 2.05) is 29.2 Å². The van der Waals surface area contributed by atoms with E-state index in [1.54, 1.807) is 24.3 Å². The molecule has 1 N–H and O–H groups in total. The number of rotatable bonds is 7. The highest BCUT2D eigenvalue weighted by molar-refractivity contribution is 6.30. The largest absolute Gasteiger partial charge is 0.385 e. The molecule has 0 atom stereocenters. The number of carbonyl (C=O) groups is 1. The average Bonchev–Trinajstić information content (AvgIpc) is 2.81. The summed E-state index contributed by atoms with van der Waals surface area (Å²) in [4.78, 5) is 26.9. The fourth-order valence-electron chi connectivity index (χ4n) is 4.22. The number of fused-ring (bicyclic) bond motifs is 1. The van der Waals surface area contributed by atoms with Crippen LogP contribution in [0.2, 0.25) is 5.02 Å². The molecule has 4 rings (SSSR count). The lowest BCUT2D eigenvalue weighted by atomic mass is 9.84. The Bertz CT molecular complexity index is 1140. The van der Waals surface area contributed by atoms with E-state index in [2.05, 4.69) is 10.3 Å². The highest BCUT2D eigenvalue weighted by Crippen LogP contribution is 2.33. The minimum Gasteiger partial charge on any atom is -0.385 e. The molecule has 7 nitrogen and oxygen atoms in total. The standard InChI is InChI=1S/C24H27ClN4O3/c25-19-11-9-18(10-12-19)24(32)13-16-28(17-14-24)22(30)8-2-1-5-15-29-23(31)20-6-3-4-7-21(20)26-27-29/h3-4,6-7,9-12,32H,1-2,5,8,13-17H2. The van der Waals surface area contributed by atoms with Crippen molar-refractivity contribution in [2.75, 3.05) is 13.1 Å². The zero-order valence-corrected chi connectivity index (χ0v) is 18.7. The Labute approximate surface area is 191 Å². The lowest BCUT2D eigenvalue weighted by Crippen LogP contribution is -2.45. The van der Waals surface area contributed by atoms with Gasteiger partial charge in [0.25, 0.3) is 5.56 Å². The number of hydrogen-bond acceptors (Lipinski definition) is 5. The van der Waals surface area contributed by atoms with E-state index in [4.69, 9.17) is 11.6 Å². The van der Waals surface area contributed by atoms with Crippen molar-refractivity contribution in [3.05, 3.63) is 69.5 Å². The van der Waals surface area contributed by atoms with E-state index >= 15 is 0 Å². The summed E-state index contributed by atoms with van der Waals surface area (Å²) in [5.74, 6) is 0.116. The van der Waals surface area contributed by atoms with Gasteiger partial charge in [-0.1, -0.05) is 47.5 Å². The number of halogens is 1. The maximum Gasteiger partial charge on any atom is 0.277 e. The van der Waals surface area contributed by atoms with Gasteiger partial charge in [-0.15, -0.1) is 5.10 Å². The molecule has 1 aliphatic rings.